The van der Waals surface area contributed by atoms with Gasteiger partial charge in [0.2, 0.25) is 0 Å². The molecule has 3 atom stereocenters. The van der Waals surface area contributed by atoms with Crippen LogP contribution in [0.15, 0.2) is 72.9 Å². The average Bonchev–Trinajstić information content (AvgIpc) is 3.18. The predicted molar refractivity (Wildman–Crippen MR) is 230 cm³/mol. The van der Waals surface area contributed by atoms with Crippen LogP contribution >= 0.6 is 7.82 Å². The molecule has 4 N–H and O–H groups in total. The number of carbonyl (C=O) groups is 2. The average molecular weight is 808 g/mol. The lowest BCUT2D eigenvalue weighted by atomic mass is 10.1. The highest BCUT2D eigenvalue weighted by Gasteiger charge is 2.26. The van der Waals surface area contributed by atoms with Crippen molar-refractivity contribution in [1.29, 1.82) is 0 Å². The molecule has 0 saturated carbocycles. The summed E-state index contributed by atoms with van der Waals surface area (Å²) in [4.78, 5) is 34.9. The van der Waals surface area contributed by atoms with E-state index in [-0.39, 0.29) is 32.6 Å². The zero-order valence-corrected chi connectivity index (χ0v) is 35.8. The van der Waals surface area contributed by atoms with Gasteiger partial charge in [0.15, 0.2) is 6.10 Å². The largest absolute Gasteiger partial charge is 0.472 e. The molecule has 0 bridgehead atoms. The number of aliphatic hydroxyl groups is 1. The molecule has 2 unspecified atom stereocenters. The molecule has 0 aliphatic rings. The highest BCUT2D eigenvalue weighted by molar-refractivity contribution is 7.47. The maximum atomic E-state index is 12.6. The Morgan fingerprint density at radius 2 is 1.20 bits per heavy atom. The minimum Gasteiger partial charge on any atom is -0.462 e. The molecule has 0 amide bonds. The van der Waals surface area contributed by atoms with Gasteiger partial charge < -0.3 is 25.2 Å². The number of hydrogen-bond acceptors (Lipinski definition) is 9. The Morgan fingerprint density at radius 3 is 1.80 bits per heavy atom. The van der Waals surface area contributed by atoms with Gasteiger partial charge in [0, 0.05) is 19.4 Å². The first kappa shape index (κ1) is 53.4. The van der Waals surface area contributed by atoms with Crippen LogP contribution in [0.5, 0.6) is 0 Å². The van der Waals surface area contributed by atoms with Crippen molar-refractivity contribution in [2.24, 2.45) is 5.73 Å². The molecule has 0 saturated heterocycles. The molecule has 0 aliphatic heterocycles. The minimum atomic E-state index is -4.43. The van der Waals surface area contributed by atoms with Crippen molar-refractivity contribution in [3.63, 3.8) is 0 Å². The first-order valence-electron chi connectivity index (χ1n) is 21.5. The highest BCUT2D eigenvalue weighted by atomic mass is 31.2. The second-order valence-electron chi connectivity index (χ2n) is 14.0. The number of rotatable bonds is 39. The van der Waals surface area contributed by atoms with Gasteiger partial charge in [0.25, 0.3) is 0 Å². The lowest BCUT2D eigenvalue weighted by Crippen LogP contribution is -2.29. The number of allylic oxidation sites excluding steroid dienone is 11. The fourth-order valence-electron chi connectivity index (χ4n) is 5.48. The molecule has 11 heteroatoms. The summed E-state index contributed by atoms with van der Waals surface area (Å²) in [5, 5.41) is 10.2. The Labute approximate surface area is 340 Å². The summed E-state index contributed by atoms with van der Waals surface area (Å²) in [6.07, 6.45) is 45.3. The van der Waals surface area contributed by atoms with E-state index in [9.17, 15) is 24.2 Å². The molecule has 0 aliphatic carbocycles. The van der Waals surface area contributed by atoms with E-state index in [2.05, 4.69) is 62.5 Å². The molecule has 0 aromatic rings. The Morgan fingerprint density at radius 1 is 0.643 bits per heavy atom. The third-order valence-electron chi connectivity index (χ3n) is 8.68. The highest BCUT2D eigenvalue weighted by Crippen LogP contribution is 2.43. The molecule has 0 heterocycles. The fraction of sp³-hybridized carbons (Fsp3) is 0.689. The first-order chi connectivity index (χ1) is 27.2. The summed E-state index contributed by atoms with van der Waals surface area (Å²) in [7, 11) is -4.43. The molecular weight excluding hydrogens is 729 g/mol. The molecular formula is C45H78NO9P. The summed E-state index contributed by atoms with van der Waals surface area (Å²) in [5.74, 6) is -1.04. The number of unbranched alkanes of at least 4 members (excludes halogenated alkanes) is 13. The van der Waals surface area contributed by atoms with Crippen molar-refractivity contribution in [1.82, 2.24) is 0 Å². The smallest absolute Gasteiger partial charge is 0.462 e. The standard InChI is InChI=1S/C45H78NO9P/c1-3-5-7-9-11-13-15-17-18-19-20-22-24-26-28-30-32-36-45(49)55-43(41-54-56(50,51)53-39-38-46)40-52-44(48)37-33-35-42(47)34-31-29-27-25-23-21-16-14-12-10-8-6-4-2/h6,8,12,14,17-18,21,23,27,29,31,34,42-43,47H,3-5,7,9-11,13,15-16,19-20,22,24-26,28,30,32-33,35-41,46H2,1-2H3,(H,50,51)/b8-6-,14-12-,18-17-,23-21-,29-27-,34-31+/t42?,43-/m1/s1. The number of hydrogen-bond donors (Lipinski definition) is 3. The van der Waals surface area contributed by atoms with Crippen LogP contribution in [-0.2, 0) is 32.7 Å². The summed E-state index contributed by atoms with van der Waals surface area (Å²) >= 11 is 0. The van der Waals surface area contributed by atoms with Crippen molar-refractivity contribution in [2.75, 3.05) is 26.4 Å². The second-order valence-corrected chi connectivity index (χ2v) is 15.5. The normalized spacial score (nSPS) is 14.6. The van der Waals surface area contributed by atoms with E-state index in [1.54, 1.807) is 12.2 Å². The molecule has 0 aromatic carbocycles. The number of ether oxygens (including phenoxy) is 2. The summed E-state index contributed by atoms with van der Waals surface area (Å²) in [6, 6.07) is 0. The van der Waals surface area contributed by atoms with E-state index in [1.807, 2.05) is 12.2 Å². The molecule has 0 rings (SSSR count). The zero-order chi connectivity index (χ0) is 41.2. The summed E-state index contributed by atoms with van der Waals surface area (Å²) in [6.45, 7) is 3.37. The number of phosphoric acid groups is 1. The van der Waals surface area contributed by atoms with Crippen LogP contribution in [0.1, 0.15) is 162 Å². The Hall–Kier alpha value is -2.59. The number of esters is 2. The van der Waals surface area contributed by atoms with Crippen molar-refractivity contribution in [3.8, 4) is 0 Å². The van der Waals surface area contributed by atoms with Gasteiger partial charge in [0.1, 0.15) is 6.61 Å². The van der Waals surface area contributed by atoms with Gasteiger partial charge in [-0.05, 0) is 70.6 Å². The molecule has 0 aromatic heterocycles. The molecule has 322 valence electrons. The second kappa shape index (κ2) is 40.6. The topological polar surface area (TPSA) is 155 Å². The lowest BCUT2D eigenvalue weighted by Gasteiger charge is -2.20. The minimum absolute atomic E-state index is 0.0234. The molecule has 0 radical (unpaired) electrons. The van der Waals surface area contributed by atoms with E-state index in [0.29, 0.717) is 19.3 Å². The number of carbonyl (C=O) groups excluding carboxylic acids is 2. The number of nitrogens with two attached hydrogens (primary N) is 1. The molecule has 56 heavy (non-hydrogen) atoms. The van der Waals surface area contributed by atoms with Gasteiger partial charge in [0.05, 0.1) is 19.3 Å². The van der Waals surface area contributed by atoms with Crippen molar-refractivity contribution < 1.29 is 42.7 Å². The van der Waals surface area contributed by atoms with Gasteiger partial charge in [-0.2, -0.15) is 0 Å². The van der Waals surface area contributed by atoms with E-state index in [1.165, 1.54) is 64.2 Å². The monoisotopic (exact) mass is 808 g/mol. The van der Waals surface area contributed by atoms with E-state index in [4.69, 9.17) is 24.3 Å². The van der Waals surface area contributed by atoms with E-state index < -0.39 is 38.6 Å². The molecule has 0 fully saturated rings. The molecule has 10 nitrogen and oxygen atoms in total. The van der Waals surface area contributed by atoms with Crippen molar-refractivity contribution in [2.45, 2.75) is 174 Å². The quantitative estimate of drug-likeness (QED) is 0.0180. The maximum absolute atomic E-state index is 12.6. The third kappa shape index (κ3) is 39.6. The predicted octanol–water partition coefficient (Wildman–Crippen LogP) is 11.2. The van der Waals surface area contributed by atoms with Crippen molar-refractivity contribution in [3.05, 3.63) is 72.9 Å². The first-order valence-corrected chi connectivity index (χ1v) is 23.0. The van der Waals surface area contributed by atoms with Gasteiger partial charge >= 0.3 is 19.8 Å². The van der Waals surface area contributed by atoms with Crippen LogP contribution in [0.2, 0.25) is 0 Å². The van der Waals surface area contributed by atoms with Crippen LogP contribution in [0.4, 0.5) is 0 Å². The molecule has 0 spiro atoms. The Kier molecular flexibility index (Phi) is 38.7. The lowest BCUT2D eigenvalue weighted by molar-refractivity contribution is -0.161. The van der Waals surface area contributed by atoms with Gasteiger partial charge in [-0.25, -0.2) is 4.57 Å². The third-order valence-corrected chi connectivity index (χ3v) is 9.66. The Bertz CT molecular complexity index is 1160. The number of aliphatic hydroxyl groups excluding tert-OH is 1. The Balaban J connectivity index is 4.36. The SMILES string of the molecule is CC/C=C\C/C=C\C/C=C\C/C=C\C=C\C(O)CCCC(=O)OC[C@H](COP(=O)(O)OCCN)OC(=O)CCCCCCCCC/C=C\CCCCCCCC. The van der Waals surface area contributed by atoms with E-state index in [0.717, 1.165) is 51.4 Å². The fourth-order valence-corrected chi connectivity index (χ4v) is 6.25. The van der Waals surface area contributed by atoms with Crippen LogP contribution in [0.3, 0.4) is 0 Å². The van der Waals surface area contributed by atoms with Crippen LogP contribution in [0, 0.1) is 0 Å². The number of phosphoric ester groups is 1. The summed E-state index contributed by atoms with van der Waals surface area (Å²) < 4.78 is 32.6. The van der Waals surface area contributed by atoms with Gasteiger partial charge in [-0.3, -0.25) is 18.6 Å². The summed E-state index contributed by atoms with van der Waals surface area (Å²) in [5.41, 5.74) is 5.33. The zero-order valence-electron chi connectivity index (χ0n) is 35.0. The van der Waals surface area contributed by atoms with Gasteiger partial charge in [-0.1, -0.05) is 151 Å². The van der Waals surface area contributed by atoms with Gasteiger partial charge in [-0.15, -0.1) is 0 Å². The van der Waals surface area contributed by atoms with Crippen LogP contribution in [0.25, 0.3) is 0 Å². The van der Waals surface area contributed by atoms with Crippen LogP contribution < -0.4 is 5.73 Å². The maximum Gasteiger partial charge on any atom is 0.472 e. The van der Waals surface area contributed by atoms with Crippen molar-refractivity contribution >= 4 is 19.8 Å². The van der Waals surface area contributed by atoms with E-state index >= 15 is 0 Å². The van der Waals surface area contributed by atoms with Crippen LogP contribution in [-0.4, -0.2) is 60.5 Å².